The summed E-state index contributed by atoms with van der Waals surface area (Å²) in [6.45, 7) is 1.78. The predicted octanol–water partition coefficient (Wildman–Crippen LogP) is 4.46. The average molecular weight is 382 g/mol. The van der Waals surface area contributed by atoms with Gasteiger partial charge in [-0.25, -0.2) is 9.18 Å². The number of hydrogen-bond acceptors (Lipinski definition) is 4. The van der Waals surface area contributed by atoms with Gasteiger partial charge in [0.2, 0.25) is 0 Å². The molecule has 1 unspecified atom stereocenters. The molecule has 0 fully saturated rings. The van der Waals surface area contributed by atoms with E-state index in [-0.39, 0.29) is 10.7 Å². The Kier molecular flexibility index (Phi) is 5.39. The zero-order chi connectivity index (χ0) is 18.0. The van der Waals surface area contributed by atoms with E-state index >= 15 is 0 Å². The van der Waals surface area contributed by atoms with Crippen LogP contribution in [0.2, 0.25) is 5.02 Å². The summed E-state index contributed by atoms with van der Waals surface area (Å²) in [7, 11) is 0. The van der Waals surface area contributed by atoms with E-state index in [1.165, 1.54) is 17.0 Å². The van der Waals surface area contributed by atoms with Crippen LogP contribution in [-0.4, -0.2) is 18.5 Å². The molecule has 0 saturated heterocycles. The third kappa shape index (κ3) is 4.19. The molecule has 1 amide bonds. The Morgan fingerprint density at radius 1 is 1.44 bits per heavy atom. The molecule has 3 rings (SSSR count). The lowest BCUT2D eigenvalue weighted by atomic mass is 9.88. The van der Waals surface area contributed by atoms with Crippen LogP contribution in [0.15, 0.2) is 23.6 Å². The van der Waals surface area contributed by atoms with E-state index in [0.717, 1.165) is 30.9 Å². The van der Waals surface area contributed by atoms with E-state index in [2.05, 4.69) is 12.2 Å². The Hall–Kier alpha value is -1.92. The number of amides is 1. The van der Waals surface area contributed by atoms with Gasteiger partial charge in [0, 0.05) is 10.3 Å². The van der Waals surface area contributed by atoms with E-state index in [1.54, 1.807) is 16.7 Å². The maximum absolute atomic E-state index is 13.0. The molecular formula is C18H17ClFNO3S. The van der Waals surface area contributed by atoms with Crippen molar-refractivity contribution in [1.82, 2.24) is 0 Å². The molecule has 2 aromatic rings. The van der Waals surface area contributed by atoms with Gasteiger partial charge in [0.25, 0.3) is 5.91 Å². The molecule has 132 valence electrons. The minimum atomic E-state index is -0.528. The minimum Gasteiger partial charge on any atom is -0.452 e. The van der Waals surface area contributed by atoms with Gasteiger partial charge in [0.15, 0.2) is 6.61 Å². The maximum Gasteiger partial charge on any atom is 0.339 e. The van der Waals surface area contributed by atoms with Gasteiger partial charge in [-0.05, 0) is 48.9 Å². The Bertz CT molecular complexity index is 821. The molecule has 0 bridgehead atoms. The topological polar surface area (TPSA) is 55.4 Å². The van der Waals surface area contributed by atoms with E-state index in [9.17, 15) is 14.0 Å². The molecule has 25 heavy (non-hydrogen) atoms. The lowest BCUT2D eigenvalue weighted by Crippen LogP contribution is -2.21. The molecule has 1 heterocycles. The lowest BCUT2D eigenvalue weighted by molar-refractivity contribution is -0.119. The van der Waals surface area contributed by atoms with Gasteiger partial charge in [-0.2, -0.15) is 0 Å². The molecule has 0 radical (unpaired) electrons. The Morgan fingerprint density at radius 2 is 2.24 bits per heavy atom. The first-order chi connectivity index (χ1) is 11.9. The predicted molar refractivity (Wildman–Crippen MR) is 95.8 cm³/mol. The van der Waals surface area contributed by atoms with Gasteiger partial charge in [0.1, 0.15) is 5.82 Å². The van der Waals surface area contributed by atoms with Crippen molar-refractivity contribution in [1.29, 1.82) is 0 Å². The molecular weight excluding hydrogens is 365 g/mol. The summed E-state index contributed by atoms with van der Waals surface area (Å²) >= 11 is 7.42. The van der Waals surface area contributed by atoms with Gasteiger partial charge in [0.05, 0.1) is 16.3 Å². The van der Waals surface area contributed by atoms with Gasteiger partial charge in [-0.3, -0.25) is 4.79 Å². The van der Waals surface area contributed by atoms with E-state index < -0.39 is 24.3 Å². The van der Waals surface area contributed by atoms with Gasteiger partial charge in [-0.1, -0.05) is 18.5 Å². The van der Waals surface area contributed by atoms with Crippen molar-refractivity contribution < 1.29 is 18.7 Å². The second-order valence-corrected chi connectivity index (χ2v) is 7.52. The second kappa shape index (κ2) is 7.54. The Labute approximate surface area is 153 Å². The summed E-state index contributed by atoms with van der Waals surface area (Å²) in [5, 5.41) is 4.38. The summed E-state index contributed by atoms with van der Waals surface area (Å²) in [6.07, 6.45) is 2.90. The molecule has 1 atom stereocenters. The molecule has 1 N–H and O–H groups in total. The van der Waals surface area contributed by atoms with Crippen LogP contribution in [0.1, 0.15) is 34.1 Å². The monoisotopic (exact) mass is 381 g/mol. The van der Waals surface area contributed by atoms with Crippen molar-refractivity contribution in [2.45, 2.75) is 26.2 Å². The standard InChI is InChI=1S/C18H17ClFNO3S/c1-10-2-4-12-13(9-25-16(12)6-10)18(23)24-8-17(22)21-15-5-3-11(20)7-14(15)19/h3,5,7,9-10H,2,4,6,8H2,1H3,(H,21,22). The van der Waals surface area contributed by atoms with E-state index in [0.29, 0.717) is 11.5 Å². The highest BCUT2D eigenvalue weighted by Crippen LogP contribution is 2.33. The summed E-state index contributed by atoms with van der Waals surface area (Å²) in [5.74, 6) is -0.890. The number of rotatable bonds is 4. The number of hydrogen-bond donors (Lipinski definition) is 1. The molecule has 0 spiro atoms. The van der Waals surface area contributed by atoms with Gasteiger partial charge in [-0.15, -0.1) is 11.3 Å². The first-order valence-electron chi connectivity index (χ1n) is 7.95. The number of esters is 1. The number of benzene rings is 1. The summed E-state index contributed by atoms with van der Waals surface area (Å²) < 4.78 is 18.1. The fourth-order valence-corrected chi connectivity index (χ4v) is 4.28. The number of carbonyl (C=O) groups is 2. The fraction of sp³-hybridized carbons (Fsp3) is 0.333. The van der Waals surface area contributed by atoms with Crippen LogP contribution in [0.25, 0.3) is 0 Å². The van der Waals surface area contributed by atoms with Crippen LogP contribution in [0.4, 0.5) is 10.1 Å². The third-order valence-corrected chi connectivity index (χ3v) is 5.53. The zero-order valence-electron chi connectivity index (χ0n) is 13.6. The summed E-state index contributed by atoms with van der Waals surface area (Å²) in [4.78, 5) is 25.4. The van der Waals surface area contributed by atoms with Crippen LogP contribution >= 0.6 is 22.9 Å². The average Bonchev–Trinajstić information content (AvgIpc) is 2.98. The van der Waals surface area contributed by atoms with E-state index in [4.69, 9.17) is 16.3 Å². The van der Waals surface area contributed by atoms with Crippen LogP contribution < -0.4 is 5.32 Å². The number of carbonyl (C=O) groups excluding carboxylic acids is 2. The molecule has 1 aromatic carbocycles. The molecule has 1 aliphatic rings. The second-order valence-electron chi connectivity index (χ2n) is 6.15. The number of fused-ring (bicyclic) bond motifs is 1. The zero-order valence-corrected chi connectivity index (χ0v) is 15.2. The molecule has 1 aromatic heterocycles. The Balaban J connectivity index is 1.58. The van der Waals surface area contributed by atoms with Crippen LogP contribution in [0.3, 0.4) is 0 Å². The van der Waals surface area contributed by atoms with Crippen LogP contribution in [0, 0.1) is 11.7 Å². The highest BCUT2D eigenvalue weighted by molar-refractivity contribution is 7.10. The largest absolute Gasteiger partial charge is 0.452 e. The van der Waals surface area contributed by atoms with Crippen LogP contribution in [-0.2, 0) is 22.4 Å². The van der Waals surface area contributed by atoms with Crippen molar-refractivity contribution in [3.8, 4) is 0 Å². The molecule has 0 aliphatic heterocycles. The molecule has 7 heteroatoms. The van der Waals surface area contributed by atoms with E-state index in [1.807, 2.05) is 0 Å². The maximum atomic E-state index is 13.0. The SMILES string of the molecule is CC1CCc2c(C(=O)OCC(=O)Nc3ccc(F)cc3Cl)csc2C1. The number of halogens is 2. The van der Waals surface area contributed by atoms with Gasteiger partial charge >= 0.3 is 5.97 Å². The first-order valence-corrected chi connectivity index (χ1v) is 9.21. The fourth-order valence-electron chi connectivity index (χ4n) is 2.83. The summed E-state index contributed by atoms with van der Waals surface area (Å²) in [6, 6.07) is 3.64. The highest BCUT2D eigenvalue weighted by Gasteiger charge is 2.24. The van der Waals surface area contributed by atoms with Gasteiger partial charge < -0.3 is 10.1 Å². The first kappa shape index (κ1) is 17.9. The van der Waals surface area contributed by atoms with Crippen molar-refractivity contribution in [3.63, 3.8) is 0 Å². The number of nitrogens with one attached hydrogen (secondary N) is 1. The van der Waals surface area contributed by atoms with Crippen molar-refractivity contribution in [2.24, 2.45) is 5.92 Å². The molecule has 1 aliphatic carbocycles. The van der Waals surface area contributed by atoms with Crippen molar-refractivity contribution in [2.75, 3.05) is 11.9 Å². The van der Waals surface area contributed by atoms with Crippen molar-refractivity contribution in [3.05, 3.63) is 50.4 Å². The van der Waals surface area contributed by atoms with Crippen LogP contribution in [0.5, 0.6) is 0 Å². The molecule has 0 saturated carbocycles. The molecule has 4 nitrogen and oxygen atoms in total. The summed E-state index contributed by atoms with van der Waals surface area (Å²) in [5.41, 5.74) is 1.88. The normalized spacial score (nSPS) is 16.2. The quantitative estimate of drug-likeness (QED) is 0.795. The number of ether oxygens (including phenoxy) is 1. The minimum absolute atomic E-state index is 0.0840. The van der Waals surface area contributed by atoms with Crippen molar-refractivity contribution >= 4 is 40.5 Å². The lowest BCUT2D eigenvalue weighted by Gasteiger charge is -2.18. The highest BCUT2D eigenvalue weighted by atomic mass is 35.5. The smallest absolute Gasteiger partial charge is 0.339 e. The number of thiophene rings is 1. The third-order valence-electron chi connectivity index (χ3n) is 4.16. The number of anilines is 1. The Morgan fingerprint density at radius 3 is 3.00 bits per heavy atom.